The van der Waals surface area contributed by atoms with Gasteiger partial charge in [-0.2, -0.15) is 5.10 Å². The normalized spacial score (nSPS) is 15.6. The van der Waals surface area contributed by atoms with E-state index in [1.165, 1.54) is 0 Å². The van der Waals surface area contributed by atoms with Crippen molar-refractivity contribution in [2.45, 2.75) is 78.1 Å². The Labute approximate surface area is 263 Å². The molecule has 0 aliphatic carbocycles. The predicted octanol–water partition coefficient (Wildman–Crippen LogP) is 4.91. The van der Waals surface area contributed by atoms with E-state index in [-0.39, 0.29) is 29.3 Å². The van der Waals surface area contributed by atoms with Crippen LogP contribution < -0.4 is 15.5 Å². The van der Waals surface area contributed by atoms with Gasteiger partial charge in [0.15, 0.2) is 5.69 Å². The SMILES string of the molecule is CC(C)C(NC(=O)OC(C)(C)C)C(=O)OCOc1c2n(ncc1=O)C(C(c1ccccc1)c1ccccc1)CN(C(C)C)C2=O. The van der Waals surface area contributed by atoms with Crippen molar-refractivity contribution < 1.29 is 28.6 Å². The summed E-state index contributed by atoms with van der Waals surface area (Å²) in [4.78, 5) is 54.0. The fraction of sp³-hybridized carbons (Fsp3) is 0.441. The molecule has 0 saturated carbocycles. The number of hydrogen-bond acceptors (Lipinski definition) is 8. The van der Waals surface area contributed by atoms with Crippen LogP contribution in [0.25, 0.3) is 0 Å². The number of esters is 1. The van der Waals surface area contributed by atoms with Crippen LogP contribution in [0.4, 0.5) is 4.79 Å². The first kappa shape index (κ1) is 33.2. The van der Waals surface area contributed by atoms with E-state index in [1.54, 1.807) is 44.2 Å². The fourth-order valence-electron chi connectivity index (χ4n) is 5.35. The first-order chi connectivity index (χ1) is 21.3. The highest BCUT2D eigenvalue weighted by molar-refractivity contribution is 5.96. The Morgan fingerprint density at radius 2 is 1.53 bits per heavy atom. The summed E-state index contributed by atoms with van der Waals surface area (Å²) >= 11 is 0. The van der Waals surface area contributed by atoms with E-state index in [0.29, 0.717) is 6.54 Å². The monoisotopic (exact) mass is 618 g/mol. The molecule has 1 aliphatic rings. The number of benzene rings is 2. The van der Waals surface area contributed by atoms with Crippen LogP contribution in [0.2, 0.25) is 0 Å². The van der Waals surface area contributed by atoms with E-state index in [2.05, 4.69) is 10.4 Å². The van der Waals surface area contributed by atoms with Gasteiger partial charge in [-0.15, -0.1) is 0 Å². The van der Waals surface area contributed by atoms with Crippen molar-refractivity contribution in [1.82, 2.24) is 20.0 Å². The first-order valence-corrected chi connectivity index (χ1v) is 15.1. The summed E-state index contributed by atoms with van der Waals surface area (Å²) in [6.45, 7) is 12.1. The van der Waals surface area contributed by atoms with E-state index in [4.69, 9.17) is 14.2 Å². The maximum atomic E-state index is 13.9. The van der Waals surface area contributed by atoms with Crippen molar-refractivity contribution >= 4 is 18.0 Å². The van der Waals surface area contributed by atoms with Crippen molar-refractivity contribution in [3.63, 3.8) is 0 Å². The maximum absolute atomic E-state index is 13.9. The van der Waals surface area contributed by atoms with E-state index >= 15 is 0 Å². The molecule has 1 aliphatic heterocycles. The zero-order valence-electron chi connectivity index (χ0n) is 26.9. The molecule has 2 heterocycles. The molecule has 2 aromatic carbocycles. The molecule has 0 spiro atoms. The molecule has 1 N–H and O–H groups in total. The van der Waals surface area contributed by atoms with Crippen molar-refractivity contribution in [1.29, 1.82) is 0 Å². The van der Waals surface area contributed by atoms with Gasteiger partial charge in [-0.25, -0.2) is 9.59 Å². The smallest absolute Gasteiger partial charge is 0.408 e. The molecule has 45 heavy (non-hydrogen) atoms. The van der Waals surface area contributed by atoms with Crippen molar-refractivity contribution in [3.8, 4) is 5.75 Å². The number of carbonyl (C=O) groups excluding carboxylic acids is 3. The molecular formula is C34H42N4O7. The van der Waals surface area contributed by atoms with Crippen molar-refractivity contribution in [3.05, 3.63) is 93.9 Å². The van der Waals surface area contributed by atoms with Crippen molar-refractivity contribution in [2.24, 2.45) is 5.92 Å². The van der Waals surface area contributed by atoms with Gasteiger partial charge in [0.2, 0.25) is 18.0 Å². The summed E-state index contributed by atoms with van der Waals surface area (Å²) in [7, 11) is 0. The number of carbonyl (C=O) groups is 3. The second kappa shape index (κ2) is 14.0. The molecule has 2 atom stereocenters. The summed E-state index contributed by atoms with van der Waals surface area (Å²) in [6, 6.07) is 18.3. The molecule has 1 aromatic heterocycles. The molecule has 0 radical (unpaired) electrons. The Kier molecular flexibility index (Phi) is 10.3. The second-order valence-electron chi connectivity index (χ2n) is 12.6. The molecule has 0 fully saturated rings. The van der Waals surface area contributed by atoms with Gasteiger partial charge in [0.05, 0.1) is 12.2 Å². The molecular weight excluding hydrogens is 576 g/mol. The third-order valence-electron chi connectivity index (χ3n) is 7.45. The number of hydrogen-bond donors (Lipinski definition) is 1. The van der Waals surface area contributed by atoms with Crippen LogP contribution in [0.1, 0.15) is 82.0 Å². The number of alkyl carbamates (subject to hydrolysis) is 1. The third kappa shape index (κ3) is 7.89. The summed E-state index contributed by atoms with van der Waals surface area (Å²) in [5, 5.41) is 6.97. The van der Waals surface area contributed by atoms with Crippen LogP contribution in [-0.2, 0) is 14.3 Å². The van der Waals surface area contributed by atoms with E-state index in [1.807, 2.05) is 74.5 Å². The Bertz CT molecular complexity index is 1510. The van der Waals surface area contributed by atoms with Gasteiger partial charge in [0, 0.05) is 18.5 Å². The van der Waals surface area contributed by atoms with Gasteiger partial charge in [-0.3, -0.25) is 14.3 Å². The summed E-state index contributed by atoms with van der Waals surface area (Å²) in [6.07, 6.45) is 0.345. The van der Waals surface area contributed by atoms with Gasteiger partial charge >= 0.3 is 12.1 Å². The average molecular weight is 619 g/mol. The Hall–Kier alpha value is -4.67. The number of nitrogens with one attached hydrogen (secondary N) is 1. The highest BCUT2D eigenvalue weighted by Crippen LogP contribution is 2.39. The molecule has 240 valence electrons. The molecule has 2 amide bonds. The average Bonchev–Trinajstić information content (AvgIpc) is 2.98. The zero-order valence-corrected chi connectivity index (χ0v) is 26.9. The predicted molar refractivity (Wildman–Crippen MR) is 168 cm³/mol. The molecule has 2 unspecified atom stereocenters. The Balaban J connectivity index is 1.67. The molecule has 0 bridgehead atoms. The summed E-state index contributed by atoms with van der Waals surface area (Å²) in [5.41, 5.74) is 0.639. The standard InChI is InChI=1S/C34H42N4O7/c1-21(2)28(36-33(42)45-34(5,6)7)32(41)44-20-43-30-26(39)18-35-38-25(19-37(22(3)4)31(40)29(30)38)27(23-14-10-8-11-15-23)24-16-12-9-13-17-24/h8-18,21-22,25,27-28H,19-20H2,1-7H3,(H,36,42). The third-order valence-corrected chi connectivity index (χ3v) is 7.45. The highest BCUT2D eigenvalue weighted by Gasteiger charge is 2.41. The zero-order chi connectivity index (χ0) is 32.9. The molecule has 0 saturated heterocycles. The number of amides is 2. The van der Waals surface area contributed by atoms with E-state index in [9.17, 15) is 19.2 Å². The minimum absolute atomic E-state index is 0.0207. The van der Waals surface area contributed by atoms with Crippen LogP contribution in [0.15, 0.2) is 71.7 Å². The number of fused-ring (bicyclic) bond motifs is 1. The van der Waals surface area contributed by atoms with Crippen LogP contribution in [0.3, 0.4) is 0 Å². The largest absolute Gasteiger partial charge is 0.451 e. The fourth-order valence-corrected chi connectivity index (χ4v) is 5.35. The second-order valence-corrected chi connectivity index (χ2v) is 12.6. The van der Waals surface area contributed by atoms with Gasteiger partial charge in [0.1, 0.15) is 11.6 Å². The van der Waals surface area contributed by atoms with Gasteiger partial charge in [-0.1, -0.05) is 74.5 Å². The van der Waals surface area contributed by atoms with E-state index in [0.717, 1.165) is 17.3 Å². The molecule has 3 aromatic rings. The number of rotatable bonds is 10. The lowest BCUT2D eigenvalue weighted by atomic mass is 9.83. The van der Waals surface area contributed by atoms with Crippen molar-refractivity contribution in [2.75, 3.05) is 13.3 Å². The van der Waals surface area contributed by atoms with Gasteiger partial charge < -0.3 is 24.4 Å². The molecule has 4 rings (SSSR count). The lowest BCUT2D eigenvalue weighted by Gasteiger charge is -2.41. The number of aromatic nitrogens is 2. The Morgan fingerprint density at radius 1 is 0.956 bits per heavy atom. The first-order valence-electron chi connectivity index (χ1n) is 15.1. The molecule has 11 heteroatoms. The lowest BCUT2D eigenvalue weighted by molar-refractivity contribution is -0.154. The maximum Gasteiger partial charge on any atom is 0.408 e. The number of nitrogens with zero attached hydrogens (tertiary/aromatic N) is 3. The minimum atomic E-state index is -1.03. The Morgan fingerprint density at radius 3 is 2.04 bits per heavy atom. The summed E-state index contributed by atoms with van der Waals surface area (Å²) in [5.74, 6) is -2.01. The highest BCUT2D eigenvalue weighted by atomic mass is 16.7. The van der Waals surface area contributed by atoms with Gasteiger partial charge in [0.25, 0.3) is 5.91 Å². The van der Waals surface area contributed by atoms with Crippen LogP contribution in [0, 0.1) is 5.92 Å². The minimum Gasteiger partial charge on any atom is -0.451 e. The van der Waals surface area contributed by atoms with Crippen LogP contribution in [0.5, 0.6) is 5.75 Å². The molecule has 11 nitrogen and oxygen atoms in total. The number of ether oxygens (including phenoxy) is 3. The van der Waals surface area contributed by atoms with Crippen LogP contribution >= 0.6 is 0 Å². The van der Waals surface area contributed by atoms with Crippen LogP contribution in [-0.4, -0.2) is 63.7 Å². The lowest BCUT2D eigenvalue weighted by Crippen LogP contribution is -2.50. The van der Waals surface area contributed by atoms with E-state index < -0.39 is 47.9 Å². The topological polar surface area (TPSA) is 129 Å². The summed E-state index contributed by atoms with van der Waals surface area (Å²) < 4.78 is 17.9. The quantitative estimate of drug-likeness (QED) is 0.251. The van der Waals surface area contributed by atoms with Gasteiger partial charge in [-0.05, 0) is 51.7 Å².